The van der Waals surface area contributed by atoms with Crippen molar-refractivity contribution in [3.63, 3.8) is 0 Å². The van der Waals surface area contributed by atoms with E-state index in [9.17, 15) is 9.59 Å². The van der Waals surface area contributed by atoms with Crippen LogP contribution in [0.2, 0.25) is 0 Å². The van der Waals surface area contributed by atoms with Crippen LogP contribution < -0.4 is 5.32 Å². The Morgan fingerprint density at radius 3 is 1.28 bits per heavy atom. The van der Waals surface area contributed by atoms with Gasteiger partial charge in [0.05, 0.1) is 66.1 Å². The zero-order valence-corrected chi connectivity index (χ0v) is 30.9. The molecule has 0 aromatic heterocycles. The van der Waals surface area contributed by atoms with Crippen molar-refractivity contribution in [2.75, 3.05) is 99.4 Å². The van der Waals surface area contributed by atoms with Gasteiger partial charge < -0.3 is 43.4 Å². The highest BCUT2D eigenvalue weighted by atomic mass is 16.6. The molecular weight excluding hydrogens is 688 g/mol. The predicted octanol–water partition coefficient (Wildman–Crippen LogP) is 6.49. The predicted molar refractivity (Wildman–Crippen MR) is 205 cm³/mol. The highest BCUT2D eigenvalue weighted by Crippen LogP contribution is 2.45. The molecule has 2 amide bonds. The lowest BCUT2D eigenvalue weighted by atomic mass is 9.98. The maximum Gasteiger partial charge on any atom is 0.409 e. The second-order valence-electron chi connectivity index (χ2n) is 13.0. The molecular formula is C43H50N2O9. The van der Waals surface area contributed by atoms with E-state index in [1.54, 1.807) is 7.05 Å². The summed E-state index contributed by atoms with van der Waals surface area (Å²) < 4.78 is 39.0. The van der Waals surface area contributed by atoms with E-state index in [1.807, 2.05) is 48.5 Å². The van der Waals surface area contributed by atoms with Gasteiger partial charge in [-0.05, 0) is 44.5 Å². The largest absolute Gasteiger partial charge is 0.449 e. The molecule has 0 spiro atoms. The number of alkyl carbamates (subject to hydrolysis) is 1. The molecule has 0 atom stereocenters. The molecule has 0 saturated heterocycles. The van der Waals surface area contributed by atoms with Crippen molar-refractivity contribution in [1.29, 1.82) is 0 Å². The second-order valence-corrected chi connectivity index (χ2v) is 13.0. The Bertz CT molecular complexity index is 1710. The average molecular weight is 739 g/mol. The number of carbonyl (C=O) groups excluding carboxylic acids is 2. The number of nitrogens with one attached hydrogen (secondary N) is 1. The number of hydrogen-bond acceptors (Lipinski definition) is 9. The Kier molecular flexibility index (Phi) is 14.9. The summed E-state index contributed by atoms with van der Waals surface area (Å²) in [6.45, 7) is 5.58. The zero-order valence-electron chi connectivity index (χ0n) is 30.9. The molecule has 1 N–H and O–H groups in total. The standard InChI is InChI=1S/C43H50N2O9/c1-45(43(47)54-31-41-38-16-8-4-12-34(38)35-13-5-9-17-39(35)41)19-21-49-23-25-51-27-29-52-28-26-50-24-22-48-20-18-44-42(46)53-30-40-36-14-6-2-10-32(36)33-11-3-7-15-37(33)40/h2-17,40-41H,18-31H2,1H3,(H,44,46). The van der Waals surface area contributed by atoms with Crippen molar-refractivity contribution in [3.05, 3.63) is 119 Å². The van der Waals surface area contributed by atoms with Crippen LogP contribution in [0.15, 0.2) is 97.1 Å². The van der Waals surface area contributed by atoms with Crippen LogP contribution in [0.3, 0.4) is 0 Å². The third kappa shape index (κ3) is 10.5. The van der Waals surface area contributed by atoms with Gasteiger partial charge in [-0.1, -0.05) is 97.1 Å². The molecule has 54 heavy (non-hydrogen) atoms. The fourth-order valence-electron chi connectivity index (χ4n) is 6.85. The van der Waals surface area contributed by atoms with Crippen molar-refractivity contribution >= 4 is 12.2 Å². The van der Waals surface area contributed by atoms with Crippen LogP contribution in [0.25, 0.3) is 22.3 Å². The van der Waals surface area contributed by atoms with Gasteiger partial charge >= 0.3 is 12.2 Å². The van der Waals surface area contributed by atoms with E-state index in [1.165, 1.54) is 49.4 Å². The van der Waals surface area contributed by atoms with Gasteiger partial charge in [0.1, 0.15) is 13.2 Å². The molecule has 0 saturated carbocycles. The van der Waals surface area contributed by atoms with Crippen LogP contribution in [0, 0.1) is 0 Å². The Labute approximate surface area is 317 Å². The smallest absolute Gasteiger partial charge is 0.409 e. The molecule has 4 aromatic rings. The number of carbonyl (C=O) groups is 2. The first-order valence-corrected chi connectivity index (χ1v) is 18.7. The highest BCUT2D eigenvalue weighted by molar-refractivity contribution is 5.80. The molecule has 6 rings (SSSR count). The monoisotopic (exact) mass is 738 g/mol. The molecule has 286 valence electrons. The fraction of sp³-hybridized carbons (Fsp3) is 0.395. The molecule has 0 aliphatic heterocycles. The number of hydrogen-bond donors (Lipinski definition) is 1. The molecule has 0 heterocycles. The lowest BCUT2D eigenvalue weighted by Crippen LogP contribution is -2.32. The fourth-order valence-corrected chi connectivity index (χ4v) is 6.85. The van der Waals surface area contributed by atoms with E-state index >= 15 is 0 Å². The minimum Gasteiger partial charge on any atom is -0.449 e. The third-order valence-electron chi connectivity index (χ3n) is 9.57. The van der Waals surface area contributed by atoms with Crippen molar-refractivity contribution in [3.8, 4) is 22.3 Å². The first kappa shape index (κ1) is 38.9. The average Bonchev–Trinajstić information content (AvgIpc) is 3.70. The Morgan fingerprint density at radius 2 is 0.852 bits per heavy atom. The number of fused-ring (bicyclic) bond motifs is 6. The van der Waals surface area contributed by atoms with E-state index in [-0.39, 0.29) is 24.5 Å². The van der Waals surface area contributed by atoms with Gasteiger partial charge in [-0.3, -0.25) is 0 Å². The van der Waals surface area contributed by atoms with Gasteiger partial charge in [-0.25, -0.2) is 9.59 Å². The SMILES string of the molecule is CN(CCOCCOCCOCCOCCOCCNC(=O)OCC1c2ccccc2-c2ccccc21)C(=O)OCC1c2ccccc2-c2ccccc21. The van der Waals surface area contributed by atoms with Crippen LogP contribution in [-0.2, 0) is 33.2 Å². The van der Waals surface area contributed by atoms with Gasteiger partial charge in [0.25, 0.3) is 0 Å². The normalized spacial score (nSPS) is 12.8. The number of nitrogens with zero attached hydrogens (tertiary/aromatic N) is 1. The summed E-state index contributed by atoms with van der Waals surface area (Å²) in [5, 5.41) is 2.74. The topological polar surface area (TPSA) is 114 Å². The van der Waals surface area contributed by atoms with Crippen LogP contribution in [0.5, 0.6) is 0 Å². The lowest BCUT2D eigenvalue weighted by molar-refractivity contribution is -0.0117. The number of ether oxygens (including phenoxy) is 7. The van der Waals surface area contributed by atoms with E-state index in [0.29, 0.717) is 85.8 Å². The maximum atomic E-state index is 12.6. The highest BCUT2D eigenvalue weighted by Gasteiger charge is 2.30. The van der Waals surface area contributed by atoms with Gasteiger partial charge in [0.2, 0.25) is 0 Å². The number of amides is 2. The minimum absolute atomic E-state index is 0.0318. The molecule has 0 radical (unpaired) electrons. The molecule has 11 heteroatoms. The third-order valence-corrected chi connectivity index (χ3v) is 9.57. The summed E-state index contributed by atoms with van der Waals surface area (Å²) in [5.74, 6) is 0.0653. The van der Waals surface area contributed by atoms with Gasteiger partial charge in [0.15, 0.2) is 0 Å². The summed E-state index contributed by atoms with van der Waals surface area (Å²) in [6, 6.07) is 33.1. The molecule has 2 aliphatic carbocycles. The minimum atomic E-state index is -0.457. The Morgan fingerprint density at radius 1 is 0.500 bits per heavy atom. The number of rotatable bonds is 22. The Balaban J connectivity index is 0.694. The van der Waals surface area contributed by atoms with Gasteiger partial charge in [-0.15, -0.1) is 0 Å². The quantitative estimate of drug-likeness (QED) is 0.0905. The maximum absolute atomic E-state index is 12.6. The van der Waals surface area contributed by atoms with Gasteiger partial charge in [-0.2, -0.15) is 0 Å². The van der Waals surface area contributed by atoms with Crippen molar-refractivity contribution < 1.29 is 42.7 Å². The summed E-state index contributed by atoms with van der Waals surface area (Å²) in [7, 11) is 1.71. The first-order chi connectivity index (χ1) is 26.6. The Hall–Kier alpha value is -4.78. The van der Waals surface area contributed by atoms with Crippen LogP contribution in [0.4, 0.5) is 9.59 Å². The van der Waals surface area contributed by atoms with Crippen LogP contribution in [-0.4, -0.2) is 117 Å². The summed E-state index contributed by atoms with van der Waals surface area (Å²) in [5.41, 5.74) is 9.54. The molecule has 0 bridgehead atoms. The van der Waals surface area contributed by atoms with Crippen LogP contribution >= 0.6 is 0 Å². The zero-order chi connectivity index (χ0) is 37.4. The van der Waals surface area contributed by atoms with E-state index in [4.69, 9.17) is 33.2 Å². The van der Waals surface area contributed by atoms with Crippen molar-refractivity contribution in [2.45, 2.75) is 11.8 Å². The summed E-state index contributed by atoms with van der Waals surface area (Å²) in [6.07, 6.45) is -0.826. The molecule has 11 nitrogen and oxygen atoms in total. The summed E-state index contributed by atoms with van der Waals surface area (Å²) >= 11 is 0. The summed E-state index contributed by atoms with van der Waals surface area (Å²) in [4.78, 5) is 26.4. The molecule has 2 aliphatic rings. The number of likely N-dealkylation sites (N-methyl/N-ethyl adjacent to an activating group) is 1. The van der Waals surface area contributed by atoms with Gasteiger partial charge in [0, 0.05) is 32.0 Å². The molecule has 0 unspecified atom stereocenters. The molecule has 0 fully saturated rings. The van der Waals surface area contributed by atoms with Crippen LogP contribution in [0.1, 0.15) is 34.1 Å². The van der Waals surface area contributed by atoms with Crippen molar-refractivity contribution in [2.24, 2.45) is 0 Å². The molecule has 4 aromatic carbocycles. The second kappa shape index (κ2) is 20.6. The van der Waals surface area contributed by atoms with E-state index < -0.39 is 6.09 Å². The van der Waals surface area contributed by atoms with Crippen molar-refractivity contribution in [1.82, 2.24) is 10.2 Å². The first-order valence-electron chi connectivity index (χ1n) is 18.7. The lowest BCUT2D eigenvalue weighted by Gasteiger charge is -2.19. The van der Waals surface area contributed by atoms with E-state index in [0.717, 1.165) is 0 Å². The van der Waals surface area contributed by atoms with E-state index in [2.05, 4.69) is 53.8 Å². The number of benzene rings is 4.